The molecule has 1 fully saturated rings. The fraction of sp³-hybridized carbons (Fsp3) is 0.250. The number of H-pyrrole nitrogens is 1. The van der Waals surface area contributed by atoms with E-state index in [4.69, 9.17) is 16.3 Å². The highest BCUT2D eigenvalue weighted by molar-refractivity contribution is 7.99. The van der Waals surface area contributed by atoms with E-state index in [-0.39, 0.29) is 17.8 Å². The van der Waals surface area contributed by atoms with Gasteiger partial charge in [0.2, 0.25) is 0 Å². The van der Waals surface area contributed by atoms with E-state index < -0.39 is 0 Å². The second kappa shape index (κ2) is 7.74. The van der Waals surface area contributed by atoms with Gasteiger partial charge in [-0.2, -0.15) is 0 Å². The molecular weight excluding hydrogens is 382 g/mol. The zero-order chi connectivity index (χ0) is 18.8. The Balaban J connectivity index is 1.48. The highest BCUT2D eigenvalue weighted by atomic mass is 35.5. The number of hydrogen-bond acceptors (Lipinski definition) is 5. The van der Waals surface area contributed by atoms with Crippen LogP contribution in [-0.2, 0) is 9.53 Å². The first kappa shape index (κ1) is 18.1. The third-order valence-electron chi connectivity index (χ3n) is 4.51. The van der Waals surface area contributed by atoms with Crippen molar-refractivity contribution in [1.29, 1.82) is 0 Å². The molecule has 27 heavy (non-hydrogen) atoms. The van der Waals surface area contributed by atoms with E-state index in [1.807, 2.05) is 19.1 Å². The summed E-state index contributed by atoms with van der Waals surface area (Å²) < 4.78 is 5.11. The Morgan fingerprint density at radius 1 is 1.26 bits per heavy atom. The summed E-state index contributed by atoms with van der Waals surface area (Å²) in [6.45, 7) is 2.27. The summed E-state index contributed by atoms with van der Waals surface area (Å²) >= 11 is 7.37. The molecule has 0 saturated heterocycles. The molecule has 0 spiro atoms. The molecule has 0 radical (unpaired) electrons. The summed E-state index contributed by atoms with van der Waals surface area (Å²) in [7, 11) is 0. The molecule has 2 heterocycles. The number of pyridine rings is 1. The van der Waals surface area contributed by atoms with Crippen molar-refractivity contribution in [2.45, 2.75) is 29.3 Å². The van der Waals surface area contributed by atoms with Gasteiger partial charge in [0.1, 0.15) is 10.1 Å². The number of halogens is 1. The number of esters is 1. The van der Waals surface area contributed by atoms with Crippen molar-refractivity contribution in [1.82, 2.24) is 15.0 Å². The zero-order valence-corrected chi connectivity index (χ0v) is 16.3. The molecule has 2 atom stereocenters. The number of carbonyl (C=O) groups excluding carboxylic acids is 1. The predicted octanol–water partition coefficient (Wildman–Crippen LogP) is 4.94. The maximum Gasteiger partial charge on any atom is 0.309 e. The van der Waals surface area contributed by atoms with Crippen LogP contribution in [0.25, 0.3) is 11.3 Å². The molecule has 1 N–H and O–H groups in total. The van der Waals surface area contributed by atoms with Crippen molar-refractivity contribution >= 4 is 29.3 Å². The number of nitrogens with zero attached hydrogens (tertiary/aromatic N) is 2. The van der Waals surface area contributed by atoms with Crippen LogP contribution >= 0.6 is 23.4 Å². The Morgan fingerprint density at radius 2 is 2.07 bits per heavy atom. The van der Waals surface area contributed by atoms with Crippen molar-refractivity contribution in [2.24, 2.45) is 5.92 Å². The minimum absolute atomic E-state index is 0.00468. The van der Waals surface area contributed by atoms with Crippen molar-refractivity contribution in [3.63, 3.8) is 0 Å². The molecule has 0 bridgehead atoms. The number of nitrogens with one attached hydrogen (secondary N) is 1. The first-order valence-electron chi connectivity index (χ1n) is 8.75. The average Bonchev–Trinajstić information content (AvgIpc) is 3.36. The van der Waals surface area contributed by atoms with Crippen LogP contribution in [0.1, 0.15) is 24.8 Å². The number of benzene rings is 1. The molecule has 3 aromatic rings. The van der Waals surface area contributed by atoms with E-state index in [1.54, 1.807) is 12.5 Å². The Bertz CT molecular complexity index is 941. The van der Waals surface area contributed by atoms with E-state index in [0.717, 1.165) is 27.7 Å². The molecule has 1 aromatic carbocycles. The molecule has 4 rings (SSSR count). The van der Waals surface area contributed by atoms with Gasteiger partial charge in [-0.1, -0.05) is 35.9 Å². The van der Waals surface area contributed by atoms with Gasteiger partial charge in [0, 0.05) is 11.8 Å². The van der Waals surface area contributed by atoms with Crippen LogP contribution in [0.15, 0.2) is 59.0 Å². The van der Waals surface area contributed by atoms with Gasteiger partial charge in [-0.3, -0.25) is 4.79 Å². The Kier molecular flexibility index (Phi) is 5.18. The number of ether oxygens (including phenoxy) is 1. The first-order chi connectivity index (χ1) is 13.2. The van der Waals surface area contributed by atoms with Gasteiger partial charge in [-0.15, -0.1) is 0 Å². The third-order valence-corrected chi connectivity index (χ3v) is 5.69. The summed E-state index contributed by atoms with van der Waals surface area (Å²) in [4.78, 5) is 23.7. The van der Waals surface area contributed by atoms with E-state index in [1.165, 1.54) is 17.3 Å². The SMILES string of the molecule is CCOC(=O)[C@@H]1C[C@@H]1c1ccc(-c2[nH]cnc2Sc2ccc(Cl)cn2)cc1. The molecule has 5 nitrogen and oxygen atoms in total. The molecule has 0 unspecified atom stereocenters. The molecule has 0 amide bonds. The van der Waals surface area contributed by atoms with Gasteiger partial charge in [0.25, 0.3) is 0 Å². The monoisotopic (exact) mass is 399 g/mol. The highest BCUT2D eigenvalue weighted by Gasteiger charge is 2.45. The normalized spacial score (nSPS) is 18.3. The summed E-state index contributed by atoms with van der Waals surface area (Å²) in [6, 6.07) is 12.0. The lowest BCUT2D eigenvalue weighted by molar-refractivity contribution is -0.144. The molecule has 138 valence electrons. The topological polar surface area (TPSA) is 67.9 Å². The maximum atomic E-state index is 11.8. The fourth-order valence-electron chi connectivity index (χ4n) is 3.06. The van der Waals surface area contributed by atoms with Gasteiger partial charge in [-0.25, -0.2) is 9.97 Å². The number of aromatic amines is 1. The van der Waals surface area contributed by atoms with Gasteiger partial charge in [0.05, 0.1) is 29.6 Å². The molecule has 0 aliphatic heterocycles. The van der Waals surface area contributed by atoms with Crippen LogP contribution in [0.4, 0.5) is 0 Å². The summed E-state index contributed by atoms with van der Waals surface area (Å²) in [5, 5.41) is 2.30. The second-order valence-electron chi connectivity index (χ2n) is 6.32. The Hall–Kier alpha value is -2.31. The molecule has 1 aliphatic carbocycles. The van der Waals surface area contributed by atoms with Gasteiger partial charge in [-0.05, 0) is 48.7 Å². The minimum Gasteiger partial charge on any atom is -0.466 e. The van der Waals surface area contributed by atoms with Gasteiger partial charge >= 0.3 is 5.97 Å². The lowest BCUT2D eigenvalue weighted by atomic mass is 10.1. The highest BCUT2D eigenvalue weighted by Crippen LogP contribution is 2.48. The van der Waals surface area contributed by atoms with E-state index in [0.29, 0.717) is 11.6 Å². The van der Waals surface area contributed by atoms with Crippen LogP contribution < -0.4 is 0 Å². The van der Waals surface area contributed by atoms with Crippen molar-refractivity contribution in [3.05, 3.63) is 59.5 Å². The van der Waals surface area contributed by atoms with Crippen molar-refractivity contribution in [3.8, 4) is 11.3 Å². The molecule has 1 aliphatic rings. The predicted molar refractivity (Wildman–Crippen MR) is 105 cm³/mol. The summed E-state index contributed by atoms with van der Waals surface area (Å²) in [6.07, 6.45) is 4.17. The number of carbonyl (C=O) groups is 1. The summed E-state index contributed by atoms with van der Waals surface area (Å²) in [5.74, 6) is 0.186. The van der Waals surface area contributed by atoms with Gasteiger partial charge < -0.3 is 9.72 Å². The lowest BCUT2D eigenvalue weighted by Crippen LogP contribution is -2.07. The third kappa shape index (κ3) is 4.01. The number of hydrogen-bond donors (Lipinski definition) is 1. The molecule has 1 saturated carbocycles. The van der Waals surface area contributed by atoms with Crippen LogP contribution in [-0.4, -0.2) is 27.5 Å². The van der Waals surface area contributed by atoms with E-state index in [9.17, 15) is 4.79 Å². The quantitative estimate of drug-likeness (QED) is 0.594. The standard InChI is InChI=1S/C20H18ClN3O2S/c1-2-26-20(25)16-9-15(16)12-3-5-13(6-4-12)18-19(24-11-23-18)27-17-8-7-14(21)10-22-17/h3-8,10-11,15-16H,2,9H2,1H3,(H,23,24)/t15-,16-/m1/s1. The number of rotatable bonds is 6. The minimum atomic E-state index is -0.0886. The fourth-order valence-corrected chi connectivity index (χ4v) is 3.99. The van der Waals surface area contributed by atoms with Crippen LogP contribution in [0, 0.1) is 5.92 Å². The van der Waals surface area contributed by atoms with Crippen molar-refractivity contribution < 1.29 is 9.53 Å². The van der Waals surface area contributed by atoms with Crippen LogP contribution in [0.5, 0.6) is 0 Å². The number of aromatic nitrogens is 3. The molecular formula is C20H18ClN3O2S. The second-order valence-corrected chi connectivity index (χ2v) is 7.77. The van der Waals surface area contributed by atoms with Crippen molar-refractivity contribution in [2.75, 3.05) is 6.61 Å². The summed E-state index contributed by atoms with van der Waals surface area (Å²) in [5.41, 5.74) is 3.16. The Labute approximate surface area is 166 Å². The van der Waals surface area contributed by atoms with Crippen LogP contribution in [0.2, 0.25) is 5.02 Å². The zero-order valence-electron chi connectivity index (χ0n) is 14.7. The Morgan fingerprint density at radius 3 is 2.78 bits per heavy atom. The van der Waals surface area contributed by atoms with Gasteiger partial charge in [0.15, 0.2) is 0 Å². The largest absolute Gasteiger partial charge is 0.466 e. The van der Waals surface area contributed by atoms with E-state index in [2.05, 4.69) is 39.2 Å². The smallest absolute Gasteiger partial charge is 0.309 e. The molecule has 2 aromatic heterocycles. The van der Waals surface area contributed by atoms with Crippen LogP contribution in [0.3, 0.4) is 0 Å². The molecule has 7 heteroatoms. The average molecular weight is 400 g/mol. The first-order valence-corrected chi connectivity index (χ1v) is 9.95. The lowest BCUT2D eigenvalue weighted by Gasteiger charge is -2.05. The van der Waals surface area contributed by atoms with E-state index >= 15 is 0 Å². The number of imidazole rings is 1. The maximum absolute atomic E-state index is 11.8.